The lowest BCUT2D eigenvalue weighted by Crippen LogP contribution is -2.54. The summed E-state index contributed by atoms with van der Waals surface area (Å²) in [5.74, 6) is -2.63. The molecule has 0 aliphatic carbocycles. The lowest BCUT2D eigenvalue weighted by Gasteiger charge is -2.44. The highest BCUT2D eigenvalue weighted by Gasteiger charge is 2.56. The highest BCUT2D eigenvalue weighted by Crippen LogP contribution is 2.52. The maximum atomic E-state index is 13.6. The largest absolute Gasteiger partial charge is 0.508 e. The zero-order valence-corrected chi connectivity index (χ0v) is 18.9. The predicted octanol–water partition coefficient (Wildman–Crippen LogP) is 4.64. The van der Waals surface area contributed by atoms with Gasteiger partial charge in [0.15, 0.2) is 0 Å². The van der Waals surface area contributed by atoms with Crippen LogP contribution in [-0.4, -0.2) is 31.1 Å². The number of carbonyl (C=O) groups is 1. The number of carboxylic acid groups (broad SMARTS) is 1. The molecule has 1 aliphatic heterocycles. The Bertz CT molecular complexity index is 1390. The Hall–Kier alpha value is -4.17. The normalized spacial score (nSPS) is 21.2. The zero-order valence-electron chi connectivity index (χ0n) is 18.9. The van der Waals surface area contributed by atoms with Crippen molar-refractivity contribution in [1.82, 2.24) is 9.78 Å². The van der Waals surface area contributed by atoms with Crippen LogP contribution in [0.3, 0.4) is 0 Å². The standard InChI is InChI=1S/C27H24FN3O4/c1-2-19-23(17-12-14-18(28)15-13-17)30-31-25(19)29-24(20-10-6-7-11-21(20)32)22(27(31,35)26(33)34)16-8-4-3-5-9-16/h3-15,22,24,29,32,35H,2H2,1H3,(H,33,34)/t22-,24-,27+/m1/s1. The minimum Gasteiger partial charge on any atom is -0.508 e. The van der Waals surface area contributed by atoms with E-state index >= 15 is 0 Å². The van der Waals surface area contributed by atoms with Gasteiger partial charge in [0, 0.05) is 16.7 Å². The number of aliphatic carboxylic acids is 1. The van der Waals surface area contributed by atoms with Crippen LogP contribution in [0.1, 0.15) is 35.6 Å². The molecule has 0 bridgehead atoms. The number of para-hydroxylation sites is 1. The SMILES string of the molecule is CCc1c(-c2ccc(F)cc2)nn2c1N[C@H](c1ccccc1O)[C@@H](c1ccccc1)[C@]2(O)C(=O)O. The second-order valence-electron chi connectivity index (χ2n) is 8.55. The number of hydrogen-bond donors (Lipinski definition) is 4. The monoisotopic (exact) mass is 473 g/mol. The topological polar surface area (TPSA) is 108 Å². The fourth-order valence-corrected chi connectivity index (χ4v) is 4.93. The number of carboxylic acids is 1. The summed E-state index contributed by atoms with van der Waals surface area (Å²) >= 11 is 0. The van der Waals surface area contributed by atoms with E-state index in [-0.39, 0.29) is 5.75 Å². The minimum atomic E-state index is -2.49. The van der Waals surface area contributed by atoms with Gasteiger partial charge in [0.1, 0.15) is 17.4 Å². The molecule has 4 N–H and O–H groups in total. The summed E-state index contributed by atoms with van der Waals surface area (Å²) in [6, 6.07) is 20.4. The molecule has 35 heavy (non-hydrogen) atoms. The van der Waals surface area contributed by atoms with E-state index in [1.807, 2.05) is 6.92 Å². The predicted molar refractivity (Wildman–Crippen MR) is 128 cm³/mol. The Kier molecular flexibility index (Phi) is 5.53. The first-order valence-electron chi connectivity index (χ1n) is 11.3. The average molecular weight is 474 g/mol. The van der Waals surface area contributed by atoms with Gasteiger partial charge in [-0.15, -0.1) is 0 Å². The van der Waals surface area contributed by atoms with Gasteiger partial charge in [0.05, 0.1) is 17.7 Å². The first kappa shape index (κ1) is 22.6. The van der Waals surface area contributed by atoms with Gasteiger partial charge < -0.3 is 20.6 Å². The van der Waals surface area contributed by atoms with Crippen molar-refractivity contribution >= 4 is 11.8 Å². The second-order valence-corrected chi connectivity index (χ2v) is 8.55. The summed E-state index contributed by atoms with van der Waals surface area (Å²) in [6.45, 7) is 1.89. The van der Waals surface area contributed by atoms with Crippen LogP contribution in [-0.2, 0) is 16.9 Å². The third-order valence-corrected chi connectivity index (χ3v) is 6.58. The molecule has 3 aromatic carbocycles. The summed E-state index contributed by atoms with van der Waals surface area (Å²) < 4.78 is 14.7. The van der Waals surface area contributed by atoms with Crippen molar-refractivity contribution < 1.29 is 24.5 Å². The minimum absolute atomic E-state index is 0.0246. The molecule has 4 aromatic rings. The number of nitrogens with zero attached hydrogens (tertiary/aromatic N) is 2. The Balaban J connectivity index is 1.81. The van der Waals surface area contributed by atoms with Crippen LogP contribution in [0.4, 0.5) is 10.2 Å². The van der Waals surface area contributed by atoms with Gasteiger partial charge in [-0.25, -0.2) is 13.9 Å². The molecule has 0 radical (unpaired) electrons. The lowest BCUT2D eigenvalue weighted by molar-refractivity contribution is -0.179. The lowest BCUT2D eigenvalue weighted by atomic mass is 9.77. The Morgan fingerprint density at radius 2 is 1.71 bits per heavy atom. The maximum absolute atomic E-state index is 13.6. The molecule has 2 heterocycles. The summed E-state index contributed by atoms with van der Waals surface area (Å²) in [4.78, 5) is 12.8. The average Bonchev–Trinajstić information content (AvgIpc) is 3.24. The van der Waals surface area contributed by atoms with Crippen LogP contribution in [0, 0.1) is 5.82 Å². The highest BCUT2D eigenvalue weighted by molar-refractivity contribution is 5.81. The van der Waals surface area contributed by atoms with Crippen molar-refractivity contribution in [1.29, 1.82) is 0 Å². The molecule has 1 aromatic heterocycles. The first-order valence-corrected chi connectivity index (χ1v) is 11.3. The number of hydrogen-bond acceptors (Lipinski definition) is 5. The second kappa shape index (κ2) is 8.56. The van der Waals surface area contributed by atoms with E-state index in [2.05, 4.69) is 10.4 Å². The van der Waals surface area contributed by atoms with Gasteiger partial charge in [-0.3, -0.25) is 0 Å². The number of rotatable bonds is 5. The van der Waals surface area contributed by atoms with E-state index in [0.717, 1.165) is 4.68 Å². The molecule has 3 atom stereocenters. The Labute approximate surface area is 201 Å². The van der Waals surface area contributed by atoms with Gasteiger partial charge in [-0.1, -0.05) is 55.5 Å². The molecule has 178 valence electrons. The van der Waals surface area contributed by atoms with Gasteiger partial charge in [0.2, 0.25) is 0 Å². The summed E-state index contributed by atoms with van der Waals surface area (Å²) in [6.07, 6.45) is 0.467. The van der Waals surface area contributed by atoms with E-state index in [9.17, 15) is 24.5 Å². The number of benzene rings is 3. The molecule has 1 aliphatic rings. The molecule has 0 saturated carbocycles. The van der Waals surface area contributed by atoms with Gasteiger partial charge >= 0.3 is 5.97 Å². The fourth-order valence-electron chi connectivity index (χ4n) is 4.93. The van der Waals surface area contributed by atoms with E-state index in [0.29, 0.717) is 40.2 Å². The summed E-state index contributed by atoms with van der Waals surface area (Å²) in [5, 5.41) is 41.0. The van der Waals surface area contributed by atoms with E-state index in [1.165, 1.54) is 18.2 Å². The van der Waals surface area contributed by atoms with Gasteiger partial charge in [0.25, 0.3) is 5.72 Å². The molecule has 0 amide bonds. The smallest absolute Gasteiger partial charge is 0.360 e. The number of nitrogens with one attached hydrogen (secondary N) is 1. The Morgan fingerprint density at radius 3 is 2.34 bits per heavy atom. The van der Waals surface area contributed by atoms with Crippen molar-refractivity contribution in [2.75, 3.05) is 5.32 Å². The molecule has 0 fully saturated rings. The highest BCUT2D eigenvalue weighted by atomic mass is 19.1. The third kappa shape index (κ3) is 3.54. The van der Waals surface area contributed by atoms with Crippen LogP contribution in [0.5, 0.6) is 5.75 Å². The van der Waals surface area contributed by atoms with Crippen LogP contribution in [0.2, 0.25) is 0 Å². The van der Waals surface area contributed by atoms with Gasteiger partial charge in [-0.05, 0) is 42.3 Å². The molecular formula is C27H24FN3O4. The Morgan fingerprint density at radius 1 is 1.06 bits per heavy atom. The quantitative estimate of drug-likeness (QED) is 0.337. The van der Waals surface area contributed by atoms with Crippen molar-refractivity contribution in [3.8, 4) is 17.0 Å². The van der Waals surface area contributed by atoms with Crippen LogP contribution >= 0.6 is 0 Å². The van der Waals surface area contributed by atoms with Crippen molar-refractivity contribution in [2.24, 2.45) is 0 Å². The van der Waals surface area contributed by atoms with Gasteiger partial charge in [-0.2, -0.15) is 5.10 Å². The molecule has 8 heteroatoms. The van der Waals surface area contributed by atoms with E-state index in [1.54, 1.807) is 60.7 Å². The molecular weight excluding hydrogens is 449 g/mol. The number of halogens is 1. The molecule has 0 unspecified atom stereocenters. The zero-order chi connectivity index (χ0) is 24.7. The first-order chi connectivity index (χ1) is 16.9. The molecule has 5 rings (SSSR count). The summed E-state index contributed by atoms with van der Waals surface area (Å²) in [7, 11) is 0. The molecule has 0 spiro atoms. The van der Waals surface area contributed by atoms with Crippen molar-refractivity contribution in [3.63, 3.8) is 0 Å². The molecule has 0 saturated heterocycles. The van der Waals surface area contributed by atoms with Crippen LogP contribution < -0.4 is 5.32 Å². The molecule has 7 nitrogen and oxygen atoms in total. The maximum Gasteiger partial charge on any atom is 0.360 e. The van der Waals surface area contributed by atoms with Crippen molar-refractivity contribution in [2.45, 2.75) is 31.0 Å². The number of anilines is 1. The van der Waals surface area contributed by atoms with Crippen LogP contribution in [0.15, 0.2) is 78.9 Å². The number of aromatic nitrogens is 2. The number of phenolic OH excluding ortho intramolecular Hbond substituents is 1. The fraction of sp³-hybridized carbons (Fsp3) is 0.185. The number of aliphatic hydroxyl groups is 1. The number of fused-ring (bicyclic) bond motifs is 1. The third-order valence-electron chi connectivity index (χ3n) is 6.58. The number of aromatic hydroxyl groups is 1. The van der Waals surface area contributed by atoms with E-state index in [4.69, 9.17) is 0 Å². The number of phenols is 1. The van der Waals surface area contributed by atoms with E-state index < -0.39 is 29.5 Å². The van der Waals surface area contributed by atoms with Crippen LogP contribution in [0.25, 0.3) is 11.3 Å². The van der Waals surface area contributed by atoms with Crippen molar-refractivity contribution in [3.05, 3.63) is 101 Å². The summed E-state index contributed by atoms with van der Waals surface area (Å²) in [5.41, 5.74) is 0.217.